The van der Waals surface area contributed by atoms with Gasteiger partial charge in [0.1, 0.15) is 6.42 Å². The van der Waals surface area contributed by atoms with Crippen LogP contribution in [0.15, 0.2) is 24.3 Å². The van der Waals surface area contributed by atoms with E-state index in [0.29, 0.717) is 24.7 Å². The minimum atomic E-state index is -0.238. The number of hydrogen-bond acceptors (Lipinski definition) is 3. The fraction of sp³-hybridized carbons (Fsp3) is 0.500. The Kier molecular flexibility index (Phi) is 6.21. The van der Waals surface area contributed by atoms with Gasteiger partial charge in [0.15, 0.2) is 0 Å². The molecule has 22 heavy (non-hydrogen) atoms. The maximum Gasteiger partial charge on any atom is 0.232 e. The molecule has 120 valence electrons. The van der Waals surface area contributed by atoms with Gasteiger partial charge in [-0.1, -0.05) is 30.7 Å². The van der Waals surface area contributed by atoms with Gasteiger partial charge >= 0.3 is 0 Å². The summed E-state index contributed by atoms with van der Waals surface area (Å²) >= 11 is 5.81. The molecule has 2 amide bonds. The van der Waals surface area contributed by atoms with E-state index in [1.807, 2.05) is 12.1 Å². The second-order valence-corrected chi connectivity index (χ2v) is 5.83. The van der Waals surface area contributed by atoms with Crippen LogP contribution in [0.5, 0.6) is 0 Å². The van der Waals surface area contributed by atoms with Crippen molar-refractivity contribution in [2.24, 2.45) is 0 Å². The zero-order valence-electron chi connectivity index (χ0n) is 12.8. The van der Waals surface area contributed by atoms with Crippen molar-refractivity contribution in [2.45, 2.75) is 19.9 Å². The summed E-state index contributed by atoms with van der Waals surface area (Å²) in [5.74, 6) is -0.331. The molecule has 1 saturated heterocycles. The third-order valence-electron chi connectivity index (χ3n) is 3.89. The number of carbonyl (C=O) groups excluding carboxylic acids is 2. The molecular formula is C16H22ClN3O2. The molecule has 0 atom stereocenters. The van der Waals surface area contributed by atoms with E-state index in [1.54, 1.807) is 17.0 Å². The highest BCUT2D eigenvalue weighted by Crippen LogP contribution is 2.09. The average Bonchev–Trinajstić information content (AvgIpc) is 2.54. The Labute approximate surface area is 136 Å². The standard InChI is InChI=1S/C16H22ClN3O2/c1-2-19-7-9-20(10-8-19)16(22)11-15(21)18-12-13-3-5-14(17)6-4-13/h3-6H,2,7-12H2,1H3,(H,18,21). The smallest absolute Gasteiger partial charge is 0.232 e. The zero-order valence-corrected chi connectivity index (χ0v) is 13.6. The van der Waals surface area contributed by atoms with Gasteiger partial charge in [-0.25, -0.2) is 0 Å². The summed E-state index contributed by atoms with van der Waals surface area (Å²) < 4.78 is 0. The quantitative estimate of drug-likeness (QED) is 0.836. The minimum absolute atomic E-state index is 0.0836. The molecule has 1 N–H and O–H groups in total. The molecule has 2 rings (SSSR count). The van der Waals surface area contributed by atoms with Gasteiger partial charge in [0, 0.05) is 37.7 Å². The molecule has 5 nitrogen and oxygen atoms in total. The van der Waals surface area contributed by atoms with Crippen LogP contribution in [0.1, 0.15) is 18.9 Å². The second kappa shape index (κ2) is 8.15. The van der Waals surface area contributed by atoms with Crippen LogP contribution in [0, 0.1) is 0 Å². The Balaban J connectivity index is 1.72. The van der Waals surface area contributed by atoms with Crippen molar-refractivity contribution >= 4 is 23.4 Å². The summed E-state index contributed by atoms with van der Waals surface area (Å²) in [6.45, 7) is 6.70. The molecule has 1 heterocycles. The highest BCUT2D eigenvalue weighted by atomic mass is 35.5. The van der Waals surface area contributed by atoms with Crippen LogP contribution in [-0.2, 0) is 16.1 Å². The molecule has 0 spiro atoms. The fourth-order valence-corrected chi connectivity index (χ4v) is 2.55. The summed E-state index contributed by atoms with van der Waals surface area (Å²) in [6, 6.07) is 7.27. The van der Waals surface area contributed by atoms with E-state index >= 15 is 0 Å². The van der Waals surface area contributed by atoms with E-state index in [4.69, 9.17) is 11.6 Å². The van der Waals surface area contributed by atoms with Crippen LogP contribution in [0.2, 0.25) is 5.02 Å². The van der Waals surface area contributed by atoms with Crippen LogP contribution >= 0.6 is 11.6 Å². The minimum Gasteiger partial charge on any atom is -0.352 e. The van der Waals surface area contributed by atoms with Gasteiger partial charge in [-0.3, -0.25) is 9.59 Å². The predicted molar refractivity (Wildman–Crippen MR) is 86.6 cm³/mol. The van der Waals surface area contributed by atoms with Crippen LogP contribution in [0.3, 0.4) is 0 Å². The summed E-state index contributed by atoms with van der Waals surface area (Å²) in [4.78, 5) is 28.0. The summed E-state index contributed by atoms with van der Waals surface area (Å²) in [5.41, 5.74) is 0.960. The first-order chi connectivity index (χ1) is 10.6. The highest BCUT2D eigenvalue weighted by molar-refractivity contribution is 6.30. The first-order valence-corrected chi connectivity index (χ1v) is 7.97. The number of rotatable bonds is 5. The van der Waals surface area contributed by atoms with Crippen LogP contribution in [0.4, 0.5) is 0 Å². The molecule has 1 aromatic carbocycles. The van der Waals surface area contributed by atoms with Gasteiger partial charge in [0.2, 0.25) is 11.8 Å². The van der Waals surface area contributed by atoms with Crippen molar-refractivity contribution in [3.63, 3.8) is 0 Å². The first-order valence-electron chi connectivity index (χ1n) is 7.59. The lowest BCUT2D eigenvalue weighted by atomic mass is 10.2. The van der Waals surface area contributed by atoms with Gasteiger partial charge in [-0.05, 0) is 24.2 Å². The maximum atomic E-state index is 12.1. The molecule has 1 fully saturated rings. The third kappa shape index (κ3) is 5.00. The normalized spacial score (nSPS) is 15.6. The molecule has 0 aromatic heterocycles. The highest BCUT2D eigenvalue weighted by Gasteiger charge is 2.21. The number of likely N-dealkylation sites (N-methyl/N-ethyl adjacent to an activating group) is 1. The zero-order chi connectivity index (χ0) is 15.9. The number of piperazine rings is 1. The SMILES string of the molecule is CCN1CCN(C(=O)CC(=O)NCc2ccc(Cl)cc2)CC1. The monoisotopic (exact) mass is 323 g/mol. The lowest BCUT2D eigenvalue weighted by Crippen LogP contribution is -2.49. The van der Waals surface area contributed by atoms with E-state index < -0.39 is 0 Å². The van der Waals surface area contributed by atoms with Crippen molar-refractivity contribution in [3.8, 4) is 0 Å². The molecule has 0 saturated carbocycles. The van der Waals surface area contributed by atoms with Crippen LogP contribution in [-0.4, -0.2) is 54.3 Å². The van der Waals surface area contributed by atoms with E-state index in [2.05, 4.69) is 17.1 Å². The van der Waals surface area contributed by atoms with E-state index in [9.17, 15) is 9.59 Å². The molecule has 0 unspecified atom stereocenters. The molecule has 0 aliphatic carbocycles. The van der Waals surface area contributed by atoms with E-state index in [0.717, 1.165) is 25.2 Å². The Morgan fingerprint density at radius 1 is 1.14 bits per heavy atom. The number of nitrogens with zero attached hydrogens (tertiary/aromatic N) is 2. The summed E-state index contributed by atoms with van der Waals surface area (Å²) in [5, 5.41) is 3.43. The van der Waals surface area contributed by atoms with E-state index in [1.165, 1.54) is 0 Å². The molecular weight excluding hydrogens is 302 g/mol. The van der Waals surface area contributed by atoms with Crippen molar-refractivity contribution in [2.75, 3.05) is 32.7 Å². The number of carbonyl (C=O) groups is 2. The van der Waals surface area contributed by atoms with Crippen molar-refractivity contribution < 1.29 is 9.59 Å². The van der Waals surface area contributed by atoms with Gasteiger partial charge in [-0.15, -0.1) is 0 Å². The van der Waals surface area contributed by atoms with Gasteiger partial charge < -0.3 is 15.1 Å². The van der Waals surface area contributed by atoms with Crippen molar-refractivity contribution in [1.82, 2.24) is 15.1 Å². The van der Waals surface area contributed by atoms with Crippen LogP contribution < -0.4 is 5.32 Å². The fourth-order valence-electron chi connectivity index (χ4n) is 2.43. The molecule has 0 bridgehead atoms. The van der Waals surface area contributed by atoms with Crippen molar-refractivity contribution in [3.05, 3.63) is 34.9 Å². The topological polar surface area (TPSA) is 52.7 Å². The predicted octanol–water partition coefficient (Wildman–Crippen LogP) is 1.51. The number of benzene rings is 1. The Hall–Kier alpha value is -1.59. The molecule has 1 aromatic rings. The lowest BCUT2D eigenvalue weighted by Gasteiger charge is -2.33. The molecule has 1 aliphatic rings. The number of amides is 2. The van der Waals surface area contributed by atoms with Crippen molar-refractivity contribution in [1.29, 1.82) is 0 Å². The summed E-state index contributed by atoms with van der Waals surface area (Å²) in [6.07, 6.45) is -0.0836. The second-order valence-electron chi connectivity index (χ2n) is 5.40. The van der Waals surface area contributed by atoms with Gasteiger partial charge in [0.25, 0.3) is 0 Å². The Morgan fingerprint density at radius 3 is 2.36 bits per heavy atom. The Bertz CT molecular complexity index is 511. The molecule has 6 heteroatoms. The average molecular weight is 324 g/mol. The maximum absolute atomic E-state index is 12.1. The number of nitrogens with one attached hydrogen (secondary N) is 1. The lowest BCUT2D eigenvalue weighted by molar-refractivity contribution is -0.137. The first kappa shape index (κ1) is 16.8. The van der Waals surface area contributed by atoms with Crippen LogP contribution in [0.25, 0.3) is 0 Å². The molecule has 0 radical (unpaired) electrons. The largest absolute Gasteiger partial charge is 0.352 e. The third-order valence-corrected chi connectivity index (χ3v) is 4.14. The number of halogens is 1. The van der Waals surface area contributed by atoms with Gasteiger partial charge in [0.05, 0.1) is 0 Å². The van der Waals surface area contributed by atoms with E-state index in [-0.39, 0.29) is 18.2 Å². The summed E-state index contributed by atoms with van der Waals surface area (Å²) in [7, 11) is 0. The van der Waals surface area contributed by atoms with Gasteiger partial charge in [-0.2, -0.15) is 0 Å². The molecule has 1 aliphatic heterocycles. The number of hydrogen-bond donors (Lipinski definition) is 1. The Morgan fingerprint density at radius 2 is 1.77 bits per heavy atom.